The molecule has 3 rings (SSSR count). The van der Waals surface area contributed by atoms with Crippen LogP contribution in [-0.4, -0.2) is 9.97 Å². The second-order valence-electron chi connectivity index (χ2n) is 3.25. The molecule has 0 unspecified atom stereocenters. The molecule has 0 atom stereocenters. The predicted octanol–water partition coefficient (Wildman–Crippen LogP) is 3.44. The van der Waals surface area contributed by atoms with Gasteiger partial charge in [-0.15, -0.1) is 11.3 Å². The van der Waals surface area contributed by atoms with Gasteiger partial charge in [-0.25, -0.2) is 4.98 Å². The van der Waals surface area contributed by atoms with Gasteiger partial charge in [0.05, 0.1) is 21.9 Å². The predicted molar refractivity (Wildman–Crippen MR) is 67.8 cm³/mol. The van der Waals surface area contributed by atoms with Gasteiger partial charge < -0.3 is 4.98 Å². The molecule has 0 saturated carbocycles. The Labute approximate surface area is 104 Å². The summed E-state index contributed by atoms with van der Waals surface area (Å²) in [5.74, 6) is 0. The zero-order valence-electron chi connectivity index (χ0n) is 7.75. The van der Waals surface area contributed by atoms with Crippen LogP contribution in [-0.2, 0) is 0 Å². The van der Waals surface area contributed by atoms with Crippen LogP contribution in [0.25, 0.3) is 20.3 Å². The van der Waals surface area contributed by atoms with Crippen LogP contribution in [0.3, 0.4) is 0 Å². The first kappa shape index (κ1) is 10.1. The quantitative estimate of drug-likeness (QED) is 0.680. The summed E-state index contributed by atoms with van der Waals surface area (Å²) in [4.78, 5) is 18.3. The van der Waals surface area contributed by atoms with Crippen molar-refractivity contribution in [3.05, 3.63) is 38.9 Å². The number of rotatable bonds is 0. The van der Waals surface area contributed by atoms with Crippen LogP contribution in [0.15, 0.2) is 23.3 Å². The summed E-state index contributed by atoms with van der Waals surface area (Å²) in [6.45, 7) is 0. The van der Waals surface area contributed by atoms with Gasteiger partial charge in [-0.3, -0.25) is 4.79 Å². The second kappa shape index (κ2) is 3.45. The molecule has 0 fully saturated rings. The lowest BCUT2D eigenvalue weighted by Gasteiger charge is -1.96. The maximum Gasteiger partial charge on any atom is 0.268 e. The van der Waals surface area contributed by atoms with Gasteiger partial charge in [0.1, 0.15) is 4.70 Å². The number of nitrogens with one attached hydrogen (secondary N) is 1. The molecule has 6 heteroatoms. The minimum absolute atomic E-state index is 0.154. The zero-order valence-corrected chi connectivity index (χ0v) is 10.1. The summed E-state index contributed by atoms with van der Waals surface area (Å²) in [5.41, 5.74) is 0.453. The second-order valence-corrected chi connectivity index (χ2v) is 5.08. The fourth-order valence-electron chi connectivity index (χ4n) is 1.61. The first-order chi connectivity index (χ1) is 7.68. The van der Waals surface area contributed by atoms with E-state index in [1.807, 2.05) is 6.07 Å². The van der Waals surface area contributed by atoms with Crippen molar-refractivity contribution in [2.75, 3.05) is 0 Å². The number of hydrogen-bond donors (Lipinski definition) is 1. The minimum Gasteiger partial charge on any atom is -0.312 e. The maximum atomic E-state index is 11.6. The van der Waals surface area contributed by atoms with Crippen molar-refractivity contribution in [2.45, 2.75) is 0 Å². The Morgan fingerprint density at radius 2 is 2.12 bits per heavy atom. The Morgan fingerprint density at radius 1 is 1.31 bits per heavy atom. The summed E-state index contributed by atoms with van der Waals surface area (Å²) in [5, 5.41) is 1.67. The molecule has 3 aromatic rings. The molecule has 0 saturated heterocycles. The molecule has 1 aromatic carbocycles. The summed E-state index contributed by atoms with van der Waals surface area (Å²) >= 11 is 13.4. The van der Waals surface area contributed by atoms with Gasteiger partial charge >= 0.3 is 0 Å². The van der Waals surface area contributed by atoms with E-state index in [2.05, 4.69) is 9.97 Å². The maximum absolute atomic E-state index is 11.6. The van der Waals surface area contributed by atoms with Crippen molar-refractivity contribution in [3.8, 4) is 0 Å². The zero-order chi connectivity index (χ0) is 11.3. The van der Waals surface area contributed by atoms with Crippen LogP contribution >= 0.6 is 34.5 Å². The van der Waals surface area contributed by atoms with Crippen LogP contribution in [0.2, 0.25) is 10.0 Å². The molecule has 1 N–H and O–H groups in total. The lowest BCUT2D eigenvalue weighted by Crippen LogP contribution is -2.03. The van der Waals surface area contributed by atoms with Crippen molar-refractivity contribution in [1.29, 1.82) is 0 Å². The van der Waals surface area contributed by atoms with Gasteiger partial charge in [-0.05, 0) is 12.1 Å². The molecule has 2 aromatic heterocycles. The number of aromatic nitrogens is 2. The number of nitrogens with zero attached hydrogens (tertiary/aromatic N) is 1. The number of H-pyrrole nitrogens is 1. The van der Waals surface area contributed by atoms with Crippen LogP contribution in [0.4, 0.5) is 0 Å². The lowest BCUT2D eigenvalue weighted by molar-refractivity contribution is 1.18. The molecule has 0 bridgehead atoms. The summed E-state index contributed by atoms with van der Waals surface area (Å²) in [6.07, 6.45) is 1.37. The molecular weight excluding hydrogens is 267 g/mol. The van der Waals surface area contributed by atoms with E-state index in [-0.39, 0.29) is 5.56 Å². The Bertz CT molecular complexity index is 762. The first-order valence-electron chi connectivity index (χ1n) is 4.42. The van der Waals surface area contributed by atoms with Crippen molar-refractivity contribution in [1.82, 2.24) is 9.97 Å². The van der Waals surface area contributed by atoms with Gasteiger partial charge in [0.2, 0.25) is 0 Å². The molecule has 3 nitrogen and oxygen atoms in total. The fourth-order valence-corrected chi connectivity index (χ4v) is 3.14. The monoisotopic (exact) mass is 270 g/mol. The number of benzene rings is 1. The molecular formula is C10H4Cl2N2OS. The van der Waals surface area contributed by atoms with Crippen molar-refractivity contribution >= 4 is 54.8 Å². The molecule has 0 amide bonds. The standard InChI is InChI=1S/C10H4Cl2N2OS/c11-4-1-2-5-6(7(4)12)8-9(16-5)10(15)14-3-13-8/h1-3H,(H,13,14,15). The van der Waals surface area contributed by atoms with E-state index in [1.54, 1.807) is 6.07 Å². The molecule has 0 aliphatic carbocycles. The van der Waals surface area contributed by atoms with E-state index in [9.17, 15) is 4.79 Å². The van der Waals surface area contributed by atoms with Crippen LogP contribution < -0.4 is 5.56 Å². The van der Waals surface area contributed by atoms with Crippen molar-refractivity contribution < 1.29 is 0 Å². The van der Waals surface area contributed by atoms with E-state index in [1.165, 1.54) is 17.7 Å². The highest BCUT2D eigenvalue weighted by atomic mass is 35.5. The van der Waals surface area contributed by atoms with E-state index in [0.717, 1.165) is 10.1 Å². The highest BCUT2D eigenvalue weighted by Gasteiger charge is 2.13. The van der Waals surface area contributed by atoms with Gasteiger partial charge in [0, 0.05) is 10.1 Å². The largest absolute Gasteiger partial charge is 0.312 e. The number of fused-ring (bicyclic) bond motifs is 3. The molecule has 0 aliphatic rings. The third-order valence-corrected chi connectivity index (χ3v) is 4.26. The van der Waals surface area contributed by atoms with E-state index >= 15 is 0 Å². The van der Waals surface area contributed by atoms with Gasteiger partial charge in [-0.2, -0.15) is 0 Å². The molecule has 0 radical (unpaired) electrons. The number of aromatic amines is 1. The Hall–Kier alpha value is -1.10. The lowest BCUT2D eigenvalue weighted by atomic mass is 10.2. The van der Waals surface area contributed by atoms with Crippen LogP contribution in [0, 0.1) is 0 Å². The molecule has 0 spiro atoms. The summed E-state index contributed by atoms with van der Waals surface area (Å²) in [7, 11) is 0. The van der Waals surface area contributed by atoms with E-state index in [0.29, 0.717) is 20.3 Å². The van der Waals surface area contributed by atoms with Crippen LogP contribution in [0.5, 0.6) is 0 Å². The number of hydrogen-bond acceptors (Lipinski definition) is 3. The summed E-state index contributed by atoms with van der Waals surface area (Å²) in [6, 6.07) is 3.56. The molecule has 0 aliphatic heterocycles. The third kappa shape index (κ3) is 1.27. The van der Waals surface area contributed by atoms with Gasteiger partial charge in [0.15, 0.2) is 0 Å². The number of thiophene rings is 1. The minimum atomic E-state index is -0.154. The SMILES string of the molecule is O=c1[nH]cnc2c1sc1ccc(Cl)c(Cl)c12. The average Bonchev–Trinajstić information content (AvgIpc) is 2.64. The third-order valence-electron chi connectivity index (χ3n) is 2.32. The average molecular weight is 271 g/mol. The first-order valence-corrected chi connectivity index (χ1v) is 5.99. The Kier molecular flexibility index (Phi) is 2.17. The molecule has 80 valence electrons. The molecule has 16 heavy (non-hydrogen) atoms. The van der Waals surface area contributed by atoms with Crippen molar-refractivity contribution in [3.63, 3.8) is 0 Å². The van der Waals surface area contributed by atoms with Gasteiger partial charge in [0.25, 0.3) is 5.56 Å². The van der Waals surface area contributed by atoms with Gasteiger partial charge in [-0.1, -0.05) is 23.2 Å². The smallest absolute Gasteiger partial charge is 0.268 e. The van der Waals surface area contributed by atoms with E-state index < -0.39 is 0 Å². The Morgan fingerprint density at radius 3 is 2.94 bits per heavy atom. The van der Waals surface area contributed by atoms with E-state index in [4.69, 9.17) is 23.2 Å². The Balaban J connectivity index is 2.68. The summed E-state index contributed by atoms with van der Waals surface area (Å²) < 4.78 is 1.48. The van der Waals surface area contributed by atoms with Crippen LogP contribution in [0.1, 0.15) is 0 Å². The normalized spacial score (nSPS) is 11.4. The molecule has 2 heterocycles. The fraction of sp³-hybridized carbons (Fsp3) is 0. The topological polar surface area (TPSA) is 45.8 Å². The highest BCUT2D eigenvalue weighted by molar-refractivity contribution is 7.25. The van der Waals surface area contributed by atoms with Crippen molar-refractivity contribution in [2.24, 2.45) is 0 Å². The number of halogens is 2. The highest BCUT2D eigenvalue weighted by Crippen LogP contribution is 2.38.